The Morgan fingerprint density at radius 2 is 2.08 bits per heavy atom. The van der Waals surface area contributed by atoms with E-state index in [2.05, 4.69) is 10.5 Å². The van der Waals surface area contributed by atoms with Crippen molar-refractivity contribution in [3.05, 3.63) is 35.4 Å². The van der Waals surface area contributed by atoms with Gasteiger partial charge in [0, 0.05) is 13.0 Å². The van der Waals surface area contributed by atoms with Crippen LogP contribution in [0.3, 0.4) is 0 Å². The summed E-state index contributed by atoms with van der Waals surface area (Å²) in [6.07, 6.45) is -0.229. The van der Waals surface area contributed by atoms with Crippen LogP contribution in [-0.4, -0.2) is 36.0 Å². The fraction of sp³-hybridized carbons (Fsp3) is 0.438. The second-order valence-corrected chi connectivity index (χ2v) is 5.54. The molecule has 0 spiro atoms. The fourth-order valence-corrected chi connectivity index (χ4v) is 2.39. The zero-order valence-electron chi connectivity index (χ0n) is 13.0. The summed E-state index contributed by atoms with van der Waals surface area (Å²) in [5.41, 5.74) is 1.67. The van der Waals surface area contributed by atoms with E-state index < -0.39 is 17.6 Å². The van der Waals surface area contributed by atoms with Crippen molar-refractivity contribution in [2.24, 2.45) is 5.10 Å². The monoisotopic (exact) mass is 341 g/mol. The summed E-state index contributed by atoms with van der Waals surface area (Å²) >= 11 is 0. The van der Waals surface area contributed by atoms with Crippen LogP contribution in [0.25, 0.3) is 0 Å². The summed E-state index contributed by atoms with van der Waals surface area (Å²) in [5, 5.41) is 3.65. The highest BCUT2D eigenvalue weighted by Crippen LogP contribution is 2.29. The molecular weight excluding hydrogens is 323 g/mol. The number of amides is 2. The van der Waals surface area contributed by atoms with Gasteiger partial charge in [0.25, 0.3) is 5.91 Å². The van der Waals surface area contributed by atoms with E-state index in [1.807, 2.05) is 0 Å². The fourth-order valence-electron chi connectivity index (χ4n) is 2.39. The van der Waals surface area contributed by atoms with E-state index >= 15 is 0 Å². The molecule has 5 nitrogen and oxygen atoms in total. The third-order valence-corrected chi connectivity index (χ3v) is 3.62. The van der Waals surface area contributed by atoms with Gasteiger partial charge in [-0.3, -0.25) is 9.59 Å². The molecule has 1 heterocycles. The van der Waals surface area contributed by atoms with Crippen LogP contribution >= 0.6 is 0 Å². The molecule has 1 aliphatic heterocycles. The molecular formula is C16H18F3N3O2. The molecule has 0 aromatic heterocycles. The lowest BCUT2D eigenvalue weighted by Crippen LogP contribution is -2.39. The molecule has 0 radical (unpaired) electrons. The minimum atomic E-state index is -4.43. The molecule has 130 valence electrons. The van der Waals surface area contributed by atoms with Gasteiger partial charge in [-0.25, -0.2) is 5.43 Å². The number of nitrogens with zero attached hydrogens (tertiary/aromatic N) is 2. The van der Waals surface area contributed by atoms with Crippen molar-refractivity contribution in [2.45, 2.75) is 31.9 Å². The Morgan fingerprint density at radius 1 is 1.29 bits per heavy atom. The topological polar surface area (TPSA) is 61.8 Å². The largest absolute Gasteiger partial charge is 0.416 e. The number of likely N-dealkylation sites (tertiary alicyclic amines) is 1. The predicted octanol–water partition coefficient (Wildman–Crippen LogP) is 2.56. The van der Waals surface area contributed by atoms with Crippen molar-refractivity contribution < 1.29 is 22.8 Å². The maximum atomic E-state index is 12.6. The van der Waals surface area contributed by atoms with Crippen molar-refractivity contribution >= 4 is 18.0 Å². The van der Waals surface area contributed by atoms with E-state index in [0.717, 1.165) is 37.6 Å². The van der Waals surface area contributed by atoms with Crippen molar-refractivity contribution in [1.29, 1.82) is 0 Å². The molecule has 0 bridgehead atoms. The van der Waals surface area contributed by atoms with Crippen LogP contribution < -0.4 is 5.43 Å². The van der Waals surface area contributed by atoms with Crippen LogP contribution in [0.4, 0.5) is 13.2 Å². The number of carbonyl (C=O) groups is 2. The molecule has 1 aliphatic rings. The smallest absolute Gasteiger partial charge is 0.333 e. The Kier molecular flexibility index (Phi) is 5.94. The van der Waals surface area contributed by atoms with Crippen LogP contribution in [-0.2, 0) is 15.8 Å². The molecule has 0 saturated carbocycles. The van der Waals surface area contributed by atoms with Gasteiger partial charge in [0.15, 0.2) is 0 Å². The number of carbonyl (C=O) groups excluding carboxylic acids is 2. The van der Waals surface area contributed by atoms with Gasteiger partial charge in [-0.1, -0.05) is 18.6 Å². The molecule has 2 rings (SSSR count). The summed E-state index contributed by atoms with van der Waals surface area (Å²) < 4.78 is 37.8. The normalized spacial score (nSPS) is 16.3. The Morgan fingerprint density at radius 3 is 2.83 bits per heavy atom. The summed E-state index contributed by atoms with van der Waals surface area (Å²) in [6, 6.07) is 4.61. The van der Waals surface area contributed by atoms with Gasteiger partial charge in [0.05, 0.1) is 11.8 Å². The van der Waals surface area contributed by atoms with E-state index in [0.29, 0.717) is 13.0 Å². The number of hydrazone groups is 1. The van der Waals surface area contributed by atoms with Gasteiger partial charge >= 0.3 is 6.18 Å². The number of hydrogen-bond acceptors (Lipinski definition) is 3. The molecule has 1 aromatic carbocycles. The summed E-state index contributed by atoms with van der Waals surface area (Å²) in [6.45, 7) is 0.433. The maximum Gasteiger partial charge on any atom is 0.416 e. The van der Waals surface area contributed by atoms with Gasteiger partial charge in [-0.15, -0.1) is 0 Å². The molecule has 1 fully saturated rings. The predicted molar refractivity (Wildman–Crippen MR) is 82.2 cm³/mol. The highest BCUT2D eigenvalue weighted by atomic mass is 19.4. The van der Waals surface area contributed by atoms with E-state index in [9.17, 15) is 22.8 Å². The molecule has 2 amide bonds. The molecule has 24 heavy (non-hydrogen) atoms. The number of nitrogens with one attached hydrogen (secondary N) is 1. The zero-order valence-corrected chi connectivity index (χ0v) is 13.0. The van der Waals surface area contributed by atoms with Crippen LogP contribution in [0.2, 0.25) is 0 Å². The van der Waals surface area contributed by atoms with Gasteiger partial charge in [-0.05, 0) is 30.5 Å². The minimum Gasteiger partial charge on any atom is -0.333 e. The lowest BCUT2D eigenvalue weighted by atomic mass is 10.1. The molecule has 0 atom stereocenters. The standard InChI is InChI=1S/C16H18F3N3O2/c17-16(18,19)13-6-4-5-12(9-13)10-20-21-14(23)11-22-8-3-1-2-7-15(22)24/h4-6,9-10H,1-3,7-8,11H2,(H,21,23)/b20-10-. The second kappa shape index (κ2) is 7.94. The molecule has 1 saturated heterocycles. The summed E-state index contributed by atoms with van der Waals surface area (Å²) in [4.78, 5) is 25.0. The van der Waals surface area contributed by atoms with Crippen LogP contribution in [0, 0.1) is 0 Å². The molecule has 0 unspecified atom stereocenters. The summed E-state index contributed by atoms with van der Waals surface area (Å²) in [7, 11) is 0. The van der Waals surface area contributed by atoms with E-state index in [1.54, 1.807) is 0 Å². The first kappa shape index (κ1) is 18.0. The van der Waals surface area contributed by atoms with Gasteiger partial charge in [0.2, 0.25) is 5.91 Å². The molecule has 1 N–H and O–H groups in total. The van der Waals surface area contributed by atoms with E-state index in [1.165, 1.54) is 17.0 Å². The Hall–Kier alpha value is -2.38. The van der Waals surface area contributed by atoms with Crippen molar-refractivity contribution in [3.63, 3.8) is 0 Å². The third-order valence-electron chi connectivity index (χ3n) is 3.62. The zero-order chi connectivity index (χ0) is 17.6. The number of hydrogen-bond donors (Lipinski definition) is 1. The van der Waals surface area contributed by atoms with Gasteiger partial charge in [-0.2, -0.15) is 18.3 Å². The SMILES string of the molecule is O=C(CN1CCCCCC1=O)N/N=C\c1cccc(C(F)(F)F)c1. The highest BCUT2D eigenvalue weighted by molar-refractivity contribution is 5.86. The van der Waals surface area contributed by atoms with Crippen LogP contribution in [0.5, 0.6) is 0 Å². The average Bonchev–Trinajstić information content (AvgIpc) is 2.72. The molecule has 0 aliphatic carbocycles. The van der Waals surface area contributed by atoms with Crippen LogP contribution in [0.1, 0.15) is 36.8 Å². The van der Waals surface area contributed by atoms with Gasteiger partial charge < -0.3 is 4.90 Å². The number of halogens is 3. The lowest BCUT2D eigenvalue weighted by molar-refractivity contribution is -0.137. The van der Waals surface area contributed by atoms with E-state index in [-0.39, 0.29) is 18.0 Å². The first-order chi connectivity index (χ1) is 11.4. The molecule has 8 heteroatoms. The Labute approximate surface area is 137 Å². The highest BCUT2D eigenvalue weighted by Gasteiger charge is 2.30. The third kappa shape index (κ3) is 5.36. The Bertz CT molecular complexity index is 629. The number of alkyl halides is 3. The van der Waals surface area contributed by atoms with Gasteiger partial charge in [0.1, 0.15) is 6.54 Å². The van der Waals surface area contributed by atoms with E-state index in [4.69, 9.17) is 0 Å². The number of benzene rings is 1. The van der Waals surface area contributed by atoms with Crippen molar-refractivity contribution in [3.8, 4) is 0 Å². The molecule has 1 aromatic rings. The first-order valence-corrected chi connectivity index (χ1v) is 7.63. The Balaban J connectivity index is 1.89. The summed E-state index contributed by atoms with van der Waals surface area (Å²) in [5.74, 6) is -0.544. The second-order valence-electron chi connectivity index (χ2n) is 5.54. The number of rotatable bonds is 4. The van der Waals surface area contributed by atoms with Crippen molar-refractivity contribution in [2.75, 3.05) is 13.1 Å². The lowest BCUT2D eigenvalue weighted by Gasteiger charge is -2.18. The average molecular weight is 341 g/mol. The minimum absolute atomic E-state index is 0.0653. The van der Waals surface area contributed by atoms with Crippen LogP contribution in [0.15, 0.2) is 29.4 Å². The first-order valence-electron chi connectivity index (χ1n) is 7.63. The van der Waals surface area contributed by atoms with Crippen molar-refractivity contribution in [1.82, 2.24) is 10.3 Å². The maximum absolute atomic E-state index is 12.6. The quantitative estimate of drug-likeness (QED) is 0.676.